The van der Waals surface area contributed by atoms with Gasteiger partial charge in [0.05, 0.1) is 21.8 Å². The molecule has 0 aromatic heterocycles. The van der Waals surface area contributed by atoms with Crippen LogP contribution in [0.5, 0.6) is 5.75 Å². The molecule has 0 aliphatic heterocycles. The van der Waals surface area contributed by atoms with E-state index in [0.29, 0.717) is 38.1 Å². The second-order valence-corrected chi connectivity index (χ2v) is 13.3. The van der Waals surface area contributed by atoms with Crippen LogP contribution in [0.1, 0.15) is 0 Å². The van der Waals surface area contributed by atoms with Crippen molar-refractivity contribution in [3.8, 4) is 5.75 Å². The Hall–Kier alpha value is -2.43. The molecule has 7 nitrogen and oxygen atoms in total. The van der Waals surface area contributed by atoms with Gasteiger partial charge in [-0.3, -0.25) is 0 Å². The van der Waals surface area contributed by atoms with Gasteiger partial charge >= 0.3 is 0 Å². The molecule has 158 valence electrons. The molecule has 0 N–H and O–H groups in total. The first-order chi connectivity index (χ1) is 13.7. The zero-order valence-electron chi connectivity index (χ0n) is 16.5. The first-order valence-electron chi connectivity index (χ1n) is 8.68. The Morgan fingerprint density at radius 1 is 0.567 bits per heavy atom. The summed E-state index contributed by atoms with van der Waals surface area (Å²) in [5, 5.41) is 2.40. The van der Waals surface area contributed by atoms with Gasteiger partial charge in [0.25, 0.3) is 0 Å². The van der Waals surface area contributed by atoms with Crippen molar-refractivity contribution >= 4 is 61.8 Å². The predicted octanol–water partition coefficient (Wildman–Crippen LogP) is 2.80. The number of methoxy groups -OCH3 is 1. The van der Waals surface area contributed by atoms with Crippen LogP contribution in [-0.4, -0.2) is 51.1 Å². The summed E-state index contributed by atoms with van der Waals surface area (Å²) in [5.74, 6) is 0.294. The van der Waals surface area contributed by atoms with E-state index in [9.17, 15) is 25.3 Å². The maximum absolute atomic E-state index is 12.5. The third-order valence-electron chi connectivity index (χ3n) is 5.17. The summed E-state index contributed by atoms with van der Waals surface area (Å²) in [6.07, 6.45) is 3.09. The average Bonchev–Trinajstić information content (AvgIpc) is 2.62. The Kier molecular flexibility index (Phi) is 4.36. The highest BCUT2D eigenvalue weighted by Gasteiger charge is 2.26. The van der Waals surface area contributed by atoms with E-state index in [1.807, 2.05) is 0 Å². The highest BCUT2D eigenvalue weighted by molar-refractivity contribution is 7.92. The molecule has 0 saturated heterocycles. The SMILES string of the molecule is COc1cc(S(C)(=O)=O)c2ccc3c(S(C)(=O)=O)cc(S(C)(=O)=O)c4ccc1c2c43. The minimum Gasteiger partial charge on any atom is -0.496 e. The summed E-state index contributed by atoms with van der Waals surface area (Å²) in [6.45, 7) is 0. The van der Waals surface area contributed by atoms with E-state index in [1.165, 1.54) is 25.3 Å². The van der Waals surface area contributed by atoms with Gasteiger partial charge < -0.3 is 4.74 Å². The van der Waals surface area contributed by atoms with E-state index in [2.05, 4.69) is 0 Å². The normalized spacial score (nSPS) is 13.5. The molecule has 0 heterocycles. The molecule has 0 amide bonds. The lowest BCUT2D eigenvalue weighted by molar-refractivity contribution is 0.419. The van der Waals surface area contributed by atoms with Crippen LogP contribution in [0, 0.1) is 0 Å². The van der Waals surface area contributed by atoms with Gasteiger partial charge in [-0.05, 0) is 12.1 Å². The molecule has 0 spiro atoms. The minimum absolute atomic E-state index is 0.0203. The summed E-state index contributed by atoms with van der Waals surface area (Å²) in [7, 11) is -9.81. The summed E-state index contributed by atoms with van der Waals surface area (Å²) in [5.41, 5.74) is 0. The van der Waals surface area contributed by atoms with Crippen molar-refractivity contribution in [1.82, 2.24) is 0 Å². The zero-order valence-corrected chi connectivity index (χ0v) is 19.0. The number of hydrogen-bond acceptors (Lipinski definition) is 7. The van der Waals surface area contributed by atoms with Crippen molar-refractivity contribution in [2.24, 2.45) is 0 Å². The van der Waals surface area contributed by atoms with Crippen molar-refractivity contribution in [1.29, 1.82) is 0 Å². The summed E-state index contributed by atoms with van der Waals surface area (Å²) in [6, 6.07) is 8.91. The zero-order chi connectivity index (χ0) is 22.2. The van der Waals surface area contributed by atoms with Gasteiger partial charge in [-0.15, -0.1) is 0 Å². The third-order valence-corrected chi connectivity index (χ3v) is 8.58. The molecule has 4 rings (SSSR count). The molecular weight excluding hydrogens is 448 g/mol. The Morgan fingerprint density at radius 2 is 0.900 bits per heavy atom. The molecule has 0 unspecified atom stereocenters. The smallest absolute Gasteiger partial charge is 0.176 e. The van der Waals surface area contributed by atoms with Crippen LogP contribution in [0.25, 0.3) is 32.3 Å². The fraction of sp³-hybridized carbons (Fsp3) is 0.200. The van der Waals surface area contributed by atoms with Gasteiger partial charge in [0.15, 0.2) is 29.5 Å². The molecule has 4 aromatic rings. The molecular formula is C20H18O7S3. The van der Waals surface area contributed by atoms with Crippen molar-refractivity contribution < 1.29 is 30.0 Å². The molecule has 0 atom stereocenters. The molecule has 0 saturated carbocycles. The van der Waals surface area contributed by atoms with Gasteiger partial charge in [-0.1, -0.05) is 18.2 Å². The number of ether oxygens (including phenoxy) is 1. The largest absolute Gasteiger partial charge is 0.496 e. The molecule has 0 aliphatic rings. The van der Waals surface area contributed by atoms with Crippen molar-refractivity contribution in [3.63, 3.8) is 0 Å². The minimum atomic E-state index is -3.78. The van der Waals surface area contributed by atoms with Crippen LogP contribution >= 0.6 is 0 Å². The Bertz CT molecular complexity index is 1630. The summed E-state index contributed by atoms with van der Waals surface area (Å²) >= 11 is 0. The van der Waals surface area contributed by atoms with Crippen LogP contribution in [-0.2, 0) is 29.5 Å². The standard InChI is InChI=1S/C20H18O7S3/c1-27-15-9-16(28(2,21)22)12-7-8-14-18(30(4,25)26)10-17(29(3,23)24)13-6-5-11(15)19(12)20(13)14/h5-10H,1-4H3. The van der Waals surface area contributed by atoms with Crippen molar-refractivity contribution in [3.05, 3.63) is 36.4 Å². The van der Waals surface area contributed by atoms with E-state index in [0.717, 1.165) is 18.8 Å². The van der Waals surface area contributed by atoms with E-state index < -0.39 is 29.5 Å². The number of hydrogen-bond donors (Lipinski definition) is 0. The Balaban J connectivity index is 2.46. The van der Waals surface area contributed by atoms with Crippen LogP contribution in [0.2, 0.25) is 0 Å². The van der Waals surface area contributed by atoms with Crippen LogP contribution in [0.3, 0.4) is 0 Å². The molecule has 10 heteroatoms. The van der Waals surface area contributed by atoms with Gasteiger partial charge in [0.2, 0.25) is 0 Å². The number of sulfone groups is 3. The Morgan fingerprint density at radius 3 is 1.27 bits per heavy atom. The third kappa shape index (κ3) is 3.01. The maximum Gasteiger partial charge on any atom is 0.176 e. The highest BCUT2D eigenvalue weighted by Crippen LogP contribution is 2.45. The lowest BCUT2D eigenvalue weighted by Gasteiger charge is -2.19. The quantitative estimate of drug-likeness (QED) is 0.425. The van der Waals surface area contributed by atoms with E-state index in [4.69, 9.17) is 4.74 Å². The topological polar surface area (TPSA) is 112 Å². The fourth-order valence-corrected chi connectivity index (χ4v) is 6.72. The van der Waals surface area contributed by atoms with E-state index >= 15 is 0 Å². The molecule has 0 aliphatic carbocycles. The lowest BCUT2D eigenvalue weighted by atomic mass is 9.93. The summed E-state index contributed by atoms with van der Waals surface area (Å²) < 4.78 is 80.3. The van der Waals surface area contributed by atoms with Gasteiger partial charge in [0, 0.05) is 57.2 Å². The van der Waals surface area contributed by atoms with E-state index in [-0.39, 0.29) is 14.7 Å². The van der Waals surface area contributed by atoms with Gasteiger partial charge in [-0.25, -0.2) is 25.3 Å². The van der Waals surface area contributed by atoms with E-state index in [1.54, 1.807) is 18.2 Å². The first kappa shape index (κ1) is 20.8. The number of rotatable bonds is 4. The van der Waals surface area contributed by atoms with Gasteiger partial charge in [0.1, 0.15) is 5.75 Å². The fourth-order valence-electron chi connectivity index (χ4n) is 3.96. The predicted molar refractivity (Wildman–Crippen MR) is 116 cm³/mol. The van der Waals surface area contributed by atoms with Crippen molar-refractivity contribution in [2.75, 3.05) is 25.9 Å². The first-order valence-corrected chi connectivity index (χ1v) is 14.3. The molecule has 0 radical (unpaired) electrons. The summed E-state index contributed by atoms with van der Waals surface area (Å²) in [4.78, 5) is -0.242. The van der Waals surface area contributed by atoms with Gasteiger partial charge in [-0.2, -0.15) is 0 Å². The second-order valence-electron chi connectivity index (χ2n) is 7.34. The molecule has 30 heavy (non-hydrogen) atoms. The Labute approximate surface area is 174 Å². The van der Waals surface area contributed by atoms with Crippen LogP contribution in [0.4, 0.5) is 0 Å². The van der Waals surface area contributed by atoms with Crippen LogP contribution < -0.4 is 4.74 Å². The van der Waals surface area contributed by atoms with Crippen LogP contribution in [0.15, 0.2) is 51.1 Å². The molecule has 0 fully saturated rings. The number of benzene rings is 4. The second kappa shape index (κ2) is 6.29. The average molecular weight is 467 g/mol. The highest BCUT2D eigenvalue weighted by atomic mass is 32.2. The van der Waals surface area contributed by atoms with Crippen molar-refractivity contribution in [2.45, 2.75) is 14.7 Å². The lowest BCUT2D eigenvalue weighted by Crippen LogP contribution is -2.06. The monoisotopic (exact) mass is 466 g/mol. The molecule has 0 bridgehead atoms. The molecule has 4 aromatic carbocycles. The maximum atomic E-state index is 12.5.